The minimum Gasteiger partial charge on any atom is -0.346 e. The van der Waals surface area contributed by atoms with Crippen LogP contribution in [0.15, 0.2) is 91.0 Å². The van der Waals surface area contributed by atoms with Crippen molar-refractivity contribution in [3.8, 4) is 0 Å². The average Bonchev–Trinajstić information content (AvgIpc) is 2.82. The molecule has 1 N–H and O–H groups in total. The van der Waals surface area contributed by atoms with Crippen molar-refractivity contribution >= 4 is 17.1 Å². The molecule has 0 aliphatic heterocycles. The Morgan fingerprint density at radius 2 is 1.62 bits per heavy atom. The van der Waals surface area contributed by atoms with Crippen molar-refractivity contribution in [1.29, 1.82) is 0 Å². The number of amides is 1. The molecule has 0 radical (unpaired) electrons. The number of hydrogen-bond donors (Lipinski definition) is 1. The van der Waals surface area contributed by atoms with Crippen molar-refractivity contribution in [2.45, 2.75) is 39.7 Å². The molecule has 3 aromatic rings. The highest BCUT2D eigenvalue weighted by molar-refractivity contribution is 6.03. The first-order chi connectivity index (χ1) is 15.4. The summed E-state index contributed by atoms with van der Waals surface area (Å²) >= 11 is 0. The van der Waals surface area contributed by atoms with Gasteiger partial charge in [-0.05, 0) is 65.8 Å². The molecule has 3 heteroatoms. The first-order valence-corrected chi connectivity index (χ1v) is 11.0. The molecule has 3 rings (SSSR count). The van der Waals surface area contributed by atoms with Crippen LogP contribution in [-0.2, 0) is 11.2 Å². The average molecular weight is 428 g/mol. The molecular weight excluding hydrogens is 397 g/mol. The van der Waals surface area contributed by atoms with Crippen LogP contribution in [0.1, 0.15) is 55.5 Å². The molecule has 0 saturated heterocycles. The Morgan fingerprint density at radius 3 is 2.28 bits per heavy atom. The quantitative estimate of drug-likeness (QED) is 0.380. The largest absolute Gasteiger partial charge is 0.346 e. The van der Waals surface area contributed by atoms with E-state index in [4.69, 9.17) is 0 Å². The predicted molar refractivity (Wildman–Crippen MR) is 131 cm³/mol. The number of aryl methyl sites for hydroxylation is 1. The monoisotopic (exact) mass is 427 g/mol. The summed E-state index contributed by atoms with van der Waals surface area (Å²) in [7, 11) is 0. The van der Waals surface area contributed by atoms with Crippen LogP contribution < -0.4 is 5.32 Å². The lowest BCUT2D eigenvalue weighted by Crippen LogP contribution is -2.28. The van der Waals surface area contributed by atoms with Crippen molar-refractivity contribution in [2.24, 2.45) is 0 Å². The van der Waals surface area contributed by atoms with Crippen LogP contribution in [0.3, 0.4) is 0 Å². The number of hydrogen-bond acceptors (Lipinski definition) is 1. The molecule has 164 valence electrons. The second-order valence-electron chi connectivity index (χ2n) is 8.05. The number of benzene rings is 3. The summed E-state index contributed by atoms with van der Waals surface area (Å²) in [6.07, 6.45) is 1.37. The predicted octanol–water partition coefficient (Wildman–Crippen LogP) is 7.14. The van der Waals surface area contributed by atoms with E-state index >= 15 is 0 Å². The number of nitrogens with one attached hydrogen (secondary N) is 1. The molecule has 0 bridgehead atoms. The Morgan fingerprint density at radius 1 is 0.969 bits per heavy atom. The molecule has 1 atom stereocenters. The summed E-state index contributed by atoms with van der Waals surface area (Å²) in [4.78, 5) is 13.4. The van der Waals surface area contributed by atoms with Crippen LogP contribution in [-0.4, -0.2) is 5.91 Å². The van der Waals surface area contributed by atoms with E-state index in [-0.39, 0.29) is 17.8 Å². The summed E-state index contributed by atoms with van der Waals surface area (Å²) in [6, 6.07) is 24.2. The lowest BCUT2D eigenvalue weighted by Gasteiger charge is -2.19. The number of rotatable bonds is 8. The van der Waals surface area contributed by atoms with E-state index in [1.54, 1.807) is 12.1 Å². The van der Waals surface area contributed by atoms with Gasteiger partial charge in [-0.3, -0.25) is 4.79 Å². The van der Waals surface area contributed by atoms with Crippen LogP contribution in [0.4, 0.5) is 4.39 Å². The number of halogens is 1. The van der Waals surface area contributed by atoms with E-state index in [9.17, 15) is 9.18 Å². The molecule has 3 aromatic carbocycles. The normalized spacial score (nSPS) is 12.6. The summed E-state index contributed by atoms with van der Waals surface area (Å²) in [5, 5.41) is 3.09. The molecular formula is C29H30FNO. The molecule has 32 heavy (non-hydrogen) atoms. The fraction of sp³-hybridized carbons (Fsp3) is 0.207. The highest BCUT2D eigenvalue weighted by Crippen LogP contribution is 2.28. The Labute approximate surface area is 190 Å². The van der Waals surface area contributed by atoms with E-state index in [0.29, 0.717) is 12.0 Å². The summed E-state index contributed by atoms with van der Waals surface area (Å²) < 4.78 is 13.3. The van der Waals surface area contributed by atoms with Crippen molar-refractivity contribution in [1.82, 2.24) is 5.32 Å². The molecule has 0 saturated carbocycles. The van der Waals surface area contributed by atoms with Gasteiger partial charge in [0, 0.05) is 12.0 Å². The first-order valence-electron chi connectivity index (χ1n) is 11.0. The molecule has 0 aromatic heterocycles. The minimum absolute atomic E-state index is 0.140. The van der Waals surface area contributed by atoms with Crippen molar-refractivity contribution in [3.63, 3.8) is 0 Å². The molecule has 0 spiro atoms. The van der Waals surface area contributed by atoms with E-state index in [1.807, 2.05) is 56.3 Å². The van der Waals surface area contributed by atoms with Gasteiger partial charge in [0.05, 0.1) is 6.04 Å². The second kappa shape index (κ2) is 10.7. The summed E-state index contributed by atoms with van der Waals surface area (Å²) in [5.41, 5.74) is 6.62. The smallest absolute Gasteiger partial charge is 0.248 e. The van der Waals surface area contributed by atoms with Gasteiger partial charge in [-0.1, -0.05) is 80.2 Å². The van der Waals surface area contributed by atoms with Crippen LogP contribution in [0.5, 0.6) is 0 Å². The van der Waals surface area contributed by atoms with E-state index in [1.165, 1.54) is 17.7 Å². The second-order valence-corrected chi connectivity index (χ2v) is 8.05. The van der Waals surface area contributed by atoms with Crippen molar-refractivity contribution < 1.29 is 9.18 Å². The van der Waals surface area contributed by atoms with Gasteiger partial charge in [0.1, 0.15) is 5.82 Å². The first kappa shape index (κ1) is 23.2. The third-order valence-corrected chi connectivity index (χ3v) is 5.78. The lowest BCUT2D eigenvalue weighted by molar-refractivity contribution is -0.118. The van der Waals surface area contributed by atoms with Gasteiger partial charge >= 0.3 is 0 Å². The highest BCUT2D eigenvalue weighted by Gasteiger charge is 2.19. The lowest BCUT2D eigenvalue weighted by atomic mass is 9.92. The van der Waals surface area contributed by atoms with Gasteiger partial charge in [-0.2, -0.15) is 0 Å². The highest BCUT2D eigenvalue weighted by atomic mass is 19.1. The Balaban J connectivity index is 1.94. The van der Waals surface area contributed by atoms with Crippen LogP contribution in [0.25, 0.3) is 11.1 Å². The van der Waals surface area contributed by atoms with Crippen LogP contribution >= 0.6 is 0 Å². The third kappa shape index (κ3) is 5.82. The molecule has 0 heterocycles. The fourth-order valence-corrected chi connectivity index (χ4v) is 3.69. The van der Waals surface area contributed by atoms with Gasteiger partial charge in [0.15, 0.2) is 0 Å². The number of carbonyl (C=O) groups excluding carboxylic acids is 1. The molecule has 0 aliphatic carbocycles. The van der Waals surface area contributed by atoms with E-state index in [0.717, 1.165) is 34.3 Å². The van der Waals surface area contributed by atoms with Crippen LogP contribution in [0.2, 0.25) is 0 Å². The standard InChI is InChI=1S/C29H30FNO/c1-5-23-10-9-13-26(19-23)21(3)28(18-20(2)24-11-7-6-8-12-24)29(32)31-22(4)25-14-16-27(30)17-15-25/h6-17,19,22H,2,5,18H2,1,3-4H3,(H,31,32)/b28-21-. The van der Waals surface area contributed by atoms with Crippen molar-refractivity contribution in [2.75, 3.05) is 0 Å². The van der Waals surface area contributed by atoms with Gasteiger partial charge in [-0.15, -0.1) is 0 Å². The minimum atomic E-state index is -0.293. The summed E-state index contributed by atoms with van der Waals surface area (Å²) in [6.45, 7) is 10.3. The maximum absolute atomic E-state index is 13.4. The maximum Gasteiger partial charge on any atom is 0.248 e. The summed E-state index contributed by atoms with van der Waals surface area (Å²) in [5.74, 6) is -0.433. The van der Waals surface area contributed by atoms with Gasteiger partial charge in [-0.25, -0.2) is 4.39 Å². The molecule has 0 aliphatic rings. The maximum atomic E-state index is 13.4. The Bertz CT molecular complexity index is 1110. The van der Waals surface area contributed by atoms with Crippen molar-refractivity contribution in [3.05, 3.63) is 119 Å². The van der Waals surface area contributed by atoms with Crippen LogP contribution in [0, 0.1) is 5.82 Å². The van der Waals surface area contributed by atoms with E-state index in [2.05, 4.69) is 31.0 Å². The number of allylic oxidation sites excluding steroid dienone is 2. The molecule has 1 amide bonds. The molecule has 0 fully saturated rings. The van der Waals surface area contributed by atoms with E-state index < -0.39 is 0 Å². The van der Waals surface area contributed by atoms with Gasteiger partial charge < -0.3 is 5.32 Å². The topological polar surface area (TPSA) is 29.1 Å². The van der Waals surface area contributed by atoms with Gasteiger partial charge in [0.2, 0.25) is 5.91 Å². The zero-order valence-electron chi connectivity index (χ0n) is 19.0. The molecule has 2 nitrogen and oxygen atoms in total. The SMILES string of the molecule is C=C(C/C(C(=O)NC(C)c1ccc(F)cc1)=C(\C)c1cccc(CC)c1)c1ccccc1. The Kier molecular flexibility index (Phi) is 7.77. The van der Waals surface area contributed by atoms with Gasteiger partial charge in [0.25, 0.3) is 0 Å². The third-order valence-electron chi connectivity index (χ3n) is 5.78. The zero-order valence-corrected chi connectivity index (χ0v) is 19.0. The Hall–Kier alpha value is -3.46. The fourth-order valence-electron chi connectivity index (χ4n) is 3.69. The molecule has 1 unspecified atom stereocenters. The number of carbonyl (C=O) groups is 1. The zero-order chi connectivity index (χ0) is 23.1.